The Bertz CT molecular complexity index is 2120. The van der Waals surface area contributed by atoms with Crippen LogP contribution in [0, 0.1) is 17.5 Å². The summed E-state index contributed by atoms with van der Waals surface area (Å²) in [4.78, 5) is 21.8. The number of halogens is 3. The van der Waals surface area contributed by atoms with Crippen LogP contribution >= 0.6 is 0 Å². The Morgan fingerprint density at radius 1 is 1.06 bits per heavy atom. The molecule has 10 nitrogen and oxygen atoms in total. The normalized spacial score (nSPS) is 16.8. The number of carbonyl (C=O) groups is 1. The van der Waals surface area contributed by atoms with Crippen LogP contribution in [0.2, 0.25) is 0 Å². The largest absolute Gasteiger partial charge is 0.481 e. The SMILES string of the molecule is O=C(O)CCc1cccc(C2CCCCC(O)c3cn(nn3)Cc3c(c(F)cc4[nH]ccc34)Oc3ccc(F)c(c3)-c3ncc2[nH]3)c1F. The van der Waals surface area contributed by atoms with E-state index in [2.05, 4.69) is 25.3 Å². The molecule has 0 amide bonds. The number of aromatic amines is 2. The Labute approximate surface area is 272 Å². The molecule has 7 rings (SSSR count). The fourth-order valence-corrected chi connectivity index (χ4v) is 6.33. The third-order valence-electron chi connectivity index (χ3n) is 8.78. The lowest BCUT2D eigenvalue weighted by molar-refractivity contribution is -0.136. The first-order valence-corrected chi connectivity index (χ1v) is 15.6. The summed E-state index contributed by atoms with van der Waals surface area (Å²) in [5.41, 5.74) is 2.60. The van der Waals surface area contributed by atoms with E-state index in [4.69, 9.17) is 9.84 Å². The summed E-state index contributed by atoms with van der Waals surface area (Å²) in [6.45, 7) is 0.0789. The molecule has 3 aromatic carbocycles. The van der Waals surface area contributed by atoms with Crippen molar-refractivity contribution in [1.29, 1.82) is 0 Å². The monoisotopic (exact) mass is 656 g/mol. The molecule has 6 bridgehead atoms. The quantitative estimate of drug-likeness (QED) is 0.158. The molecule has 0 saturated heterocycles. The number of rotatable bonds is 4. The lowest BCUT2D eigenvalue weighted by Gasteiger charge is -2.19. The maximum absolute atomic E-state index is 15.9. The third-order valence-corrected chi connectivity index (χ3v) is 8.78. The van der Waals surface area contributed by atoms with E-state index in [9.17, 15) is 9.90 Å². The summed E-state index contributed by atoms with van der Waals surface area (Å²) < 4.78 is 54.4. The molecule has 0 aliphatic carbocycles. The Morgan fingerprint density at radius 3 is 2.77 bits per heavy atom. The maximum atomic E-state index is 15.9. The second-order valence-corrected chi connectivity index (χ2v) is 11.9. The van der Waals surface area contributed by atoms with E-state index in [1.807, 2.05) is 0 Å². The summed E-state index contributed by atoms with van der Waals surface area (Å²) in [6, 6.07) is 12.0. The highest BCUT2D eigenvalue weighted by Gasteiger charge is 2.25. The summed E-state index contributed by atoms with van der Waals surface area (Å²) >= 11 is 0. The van der Waals surface area contributed by atoms with E-state index in [0.29, 0.717) is 59.1 Å². The number of aliphatic hydroxyl groups excluding tert-OH is 1. The van der Waals surface area contributed by atoms with Gasteiger partial charge in [-0.3, -0.25) is 4.79 Å². The zero-order valence-electron chi connectivity index (χ0n) is 25.6. The van der Waals surface area contributed by atoms with E-state index in [0.717, 1.165) is 0 Å². The number of nitrogens with one attached hydrogen (secondary N) is 2. The number of H-pyrrole nitrogens is 2. The Kier molecular flexibility index (Phi) is 8.44. The molecular formula is C35H31F3N6O4. The number of imidazole rings is 1. The minimum atomic E-state index is -1.03. The molecule has 3 aromatic heterocycles. The van der Waals surface area contributed by atoms with E-state index >= 15 is 13.2 Å². The summed E-state index contributed by atoms with van der Waals surface area (Å²) in [5.74, 6) is -3.07. The zero-order valence-corrected chi connectivity index (χ0v) is 25.6. The number of nitrogens with zero attached hydrogens (tertiary/aromatic N) is 4. The summed E-state index contributed by atoms with van der Waals surface area (Å²) in [7, 11) is 0. The number of aromatic nitrogens is 6. The molecule has 2 unspecified atom stereocenters. The van der Waals surface area contributed by atoms with Gasteiger partial charge in [-0.2, -0.15) is 0 Å². The van der Waals surface area contributed by atoms with Crippen molar-refractivity contribution in [2.24, 2.45) is 0 Å². The molecule has 0 fully saturated rings. The van der Waals surface area contributed by atoms with Crippen LogP contribution < -0.4 is 4.74 Å². The Morgan fingerprint density at radius 2 is 1.92 bits per heavy atom. The van der Waals surface area contributed by atoms with Crippen molar-refractivity contribution in [2.75, 3.05) is 0 Å². The minimum Gasteiger partial charge on any atom is -0.481 e. The molecule has 1 aliphatic rings. The van der Waals surface area contributed by atoms with Gasteiger partial charge >= 0.3 is 5.97 Å². The topological polar surface area (TPSA) is 142 Å². The van der Waals surface area contributed by atoms with E-state index < -0.39 is 35.4 Å². The number of ether oxygens (including phenoxy) is 1. The lowest BCUT2D eigenvalue weighted by atomic mass is 9.88. The van der Waals surface area contributed by atoms with Gasteiger partial charge in [-0.25, -0.2) is 22.8 Å². The number of carboxylic acids is 1. The van der Waals surface area contributed by atoms with Gasteiger partial charge in [0.1, 0.15) is 28.9 Å². The van der Waals surface area contributed by atoms with Crippen molar-refractivity contribution in [3.8, 4) is 22.9 Å². The van der Waals surface area contributed by atoms with Gasteiger partial charge in [0.05, 0.1) is 24.4 Å². The molecular weight excluding hydrogens is 625 g/mol. The molecule has 6 aromatic rings. The van der Waals surface area contributed by atoms with Gasteiger partial charge in [-0.05, 0) is 54.7 Å². The number of aliphatic carboxylic acids is 1. The second kappa shape index (κ2) is 13.0. The first-order chi connectivity index (χ1) is 23.2. The Balaban J connectivity index is 1.32. The molecule has 246 valence electrons. The fourth-order valence-electron chi connectivity index (χ4n) is 6.33. The molecule has 1 aliphatic heterocycles. The van der Waals surface area contributed by atoms with Crippen LogP contribution in [0.4, 0.5) is 13.2 Å². The van der Waals surface area contributed by atoms with Gasteiger partial charge in [0, 0.05) is 53.0 Å². The van der Waals surface area contributed by atoms with Crippen LogP contribution in [0.5, 0.6) is 11.5 Å². The van der Waals surface area contributed by atoms with Crippen molar-refractivity contribution in [1.82, 2.24) is 29.9 Å². The molecule has 0 spiro atoms. The smallest absolute Gasteiger partial charge is 0.303 e. The van der Waals surface area contributed by atoms with Crippen molar-refractivity contribution in [3.05, 3.63) is 113 Å². The van der Waals surface area contributed by atoms with Gasteiger partial charge < -0.3 is 24.9 Å². The average Bonchev–Trinajstić information content (AvgIpc) is 3.84. The van der Waals surface area contributed by atoms with Crippen LogP contribution in [-0.4, -0.2) is 46.1 Å². The predicted octanol–water partition coefficient (Wildman–Crippen LogP) is 7.16. The average molecular weight is 657 g/mol. The molecule has 4 N–H and O–H groups in total. The molecule has 48 heavy (non-hydrogen) atoms. The van der Waals surface area contributed by atoms with E-state index in [-0.39, 0.29) is 47.8 Å². The van der Waals surface area contributed by atoms with Crippen LogP contribution in [0.3, 0.4) is 0 Å². The predicted molar refractivity (Wildman–Crippen MR) is 169 cm³/mol. The third kappa shape index (κ3) is 6.16. The standard InChI is InChI=1S/C35H31F3N6O4/c36-26-10-9-20-14-24(26)35-40-16-29(41-35)21(23-6-3-4-19(33(23)38)8-11-32(46)47)5-1-2-7-31(45)30-18-44(43-42-30)17-25-22-12-13-39-28(22)15-27(37)34(25)48-20/h3-4,6,9-10,12-16,18,21,31,39,45H,1-2,5,7-8,11,17H2,(H,40,41)(H,46,47). The maximum Gasteiger partial charge on any atom is 0.303 e. The lowest BCUT2D eigenvalue weighted by Crippen LogP contribution is -2.08. The first kappa shape index (κ1) is 31.2. The zero-order chi connectivity index (χ0) is 33.4. The number of fused-ring (bicyclic) bond motifs is 10. The van der Waals surface area contributed by atoms with Crippen LogP contribution in [0.15, 0.2) is 67.1 Å². The van der Waals surface area contributed by atoms with Gasteiger partial charge in [0.15, 0.2) is 11.6 Å². The summed E-state index contributed by atoms with van der Waals surface area (Å²) in [5, 5.41) is 29.1. The molecule has 0 radical (unpaired) electrons. The van der Waals surface area contributed by atoms with Gasteiger partial charge in [-0.1, -0.05) is 36.3 Å². The number of hydrogen-bond donors (Lipinski definition) is 4. The van der Waals surface area contributed by atoms with Crippen molar-refractivity contribution < 1.29 is 32.9 Å². The van der Waals surface area contributed by atoms with Crippen molar-refractivity contribution >= 4 is 16.9 Å². The fraction of sp³-hybridized carbons (Fsp3) is 0.257. The van der Waals surface area contributed by atoms with Crippen LogP contribution in [0.25, 0.3) is 22.3 Å². The summed E-state index contributed by atoms with van der Waals surface area (Å²) in [6.07, 6.45) is 5.66. The van der Waals surface area contributed by atoms with Crippen molar-refractivity contribution in [3.63, 3.8) is 0 Å². The van der Waals surface area contributed by atoms with Gasteiger partial charge in [-0.15, -0.1) is 5.10 Å². The first-order valence-electron chi connectivity index (χ1n) is 15.6. The van der Waals surface area contributed by atoms with E-state index in [1.54, 1.807) is 36.7 Å². The number of aryl methyl sites for hydroxylation is 1. The minimum absolute atomic E-state index is 0.0279. The number of aliphatic hydroxyl groups is 1. The molecule has 13 heteroatoms. The van der Waals surface area contributed by atoms with Crippen LogP contribution in [0.1, 0.15) is 72.2 Å². The highest BCUT2D eigenvalue weighted by Crippen LogP contribution is 2.38. The highest BCUT2D eigenvalue weighted by molar-refractivity contribution is 5.85. The van der Waals surface area contributed by atoms with Gasteiger partial charge in [0.25, 0.3) is 0 Å². The van der Waals surface area contributed by atoms with Gasteiger partial charge in [0.2, 0.25) is 0 Å². The van der Waals surface area contributed by atoms with Crippen molar-refractivity contribution in [2.45, 2.75) is 57.1 Å². The molecule has 4 heterocycles. The number of benzene rings is 3. The highest BCUT2D eigenvalue weighted by atomic mass is 19.1. The number of carboxylic acid groups (broad SMARTS) is 1. The van der Waals surface area contributed by atoms with Crippen LogP contribution in [-0.2, 0) is 17.8 Å². The number of hydrogen-bond acceptors (Lipinski definition) is 6. The van der Waals surface area contributed by atoms with E-state index in [1.165, 1.54) is 35.1 Å². The Hall–Kier alpha value is -5.43. The second-order valence-electron chi connectivity index (χ2n) is 11.9. The molecule has 0 saturated carbocycles. The molecule has 2 atom stereocenters.